The van der Waals surface area contributed by atoms with E-state index in [4.69, 9.17) is 26.3 Å². The molecule has 0 radical (unpaired) electrons. The second kappa shape index (κ2) is 7.02. The van der Waals surface area contributed by atoms with Crippen molar-refractivity contribution in [3.8, 4) is 23.1 Å². The Bertz CT molecular complexity index is 683. The molecule has 0 spiro atoms. The van der Waals surface area contributed by atoms with E-state index in [-0.39, 0.29) is 6.61 Å². The summed E-state index contributed by atoms with van der Waals surface area (Å²) in [6.45, 7) is 2.74. The van der Waals surface area contributed by atoms with Gasteiger partial charge in [0, 0.05) is 18.2 Å². The molecule has 0 atom stereocenters. The van der Waals surface area contributed by atoms with Gasteiger partial charge in [0.15, 0.2) is 5.82 Å². The first kappa shape index (κ1) is 15.2. The van der Waals surface area contributed by atoms with E-state index in [0.717, 1.165) is 0 Å². The highest BCUT2D eigenvalue weighted by molar-refractivity contribution is 6.29. The molecule has 0 aliphatic rings. The Hall–Kier alpha value is -2.16. The SMILES string of the molecule is CCOCc1nc(Cl)cc(-c2cc(C#N)ccc2OC)n1. The van der Waals surface area contributed by atoms with Gasteiger partial charge in [-0.05, 0) is 25.1 Å². The fourth-order valence-electron chi connectivity index (χ4n) is 1.84. The van der Waals surface area contributed by atoms with Gasteiger partial charge in [0.1, 0.15) is 17.5 Å². The molecule has 0 aliphatic heterocycles. The van der Waals surface area contributed by atoms with Gasteiger partial charge in [-0.25, -0.2) is 9.97 Å². The fourth-order valence-corrected chi connectivity index (χ4v) is 2.04. The lowest BCUT2D eigenvalue weighted by atomic mass is 10.1. The summed E-state index contributed by atoms with van der Waals surface area (Å²) in [6.07, 6.45) is 0. The second-order valence-corrected chi connectivity index (χ2v) is 4.54. The molecule has 21 heavy (non-hydrogen) atoms. The van der Waals surface area contributed by atoms with Crippen molar-refractivity contribution in [1.82, 2.24) is 9.97 Å². The smallest absolute Gasteiger partial charge is 0.156 e. The van der Waals surface area contributed by atoms with Gasteiger partial charge in [-0.1, -0.05) is 11.6 Å². The standard InChI is InChI=1S/C15H14ClN3O2/c1-3-21-9-15-18-12(7-14(16)19-15)11-6-10(8-17)4-5-13(11)20-2/h4-7H,3,9H2,1-2H3. The van der Waals surface area contributed by atoms with E-state index in [1.807, 2.05) is 6.92 Å². The van der Waals surface area contributed by atoms with Crippen molar-refractivity contribution >= 4 is 11.6 Å². The highest BCUT2D eigenvalue weighted by atomic mass is 35.5. The number of nitriles is 1. The van der Waals surface area contributed by atoms with Crippen LogP contribution in [0.2, 0.25) is 5.15 Å². The molecule has 0 saturated carbocycles. The zero-order chi connectivity index (χ0) is 15.2. The van der Waals surface area contributed by atoms with Gasteiger partial charge >= 0.3 is 0 Å². The third-order valence-corrected chi connectivity index (χ3v) is 2.97. The molecular formula is C15H14ClN3O2. The van der Waals surface area contributed by atoms with Crippen LogP contribution in [0, 0.1) is 11.3 Å². The lowest BCUT2D eigenvalue weighted by molar-refractivity contribution is 0.128. The van der Waals surface area contributed by atoms with Crippen molar-refractivity contribution in [2.75, 3.05) is 13.7 Å². The van der Waals surface area contributed by atoms with Crippen molar-refractivity contribution in [3.05, 3.63) is 40.8 Å². The van der Waals surface area contributed by atoms with Crippen LogP contribution in [0.25, 0.3) is 11.3 Å². The van der Waals surface area contributed by atoms with Crippen LogP contribution in [0.5, 0.6) is 5.75 Å². The Labute approximate surface area is 128 Å². The van der Waals surface area contributed by atoms with Crippen LogP contribution < -0.4 is 4.74 Å². The Morgan fingerprint density at radius 3 is 2.76 bits per heavy atom. The summed E-state index contributed by atoms with van der Waals surface area (Å²) in [6, 6.07) is 8.86. The first-order chi connectivity index (χ1) is 10.2. The summed E-state index contributed by atoms with van der Waals surface area (Å²) in [7, 11) is 1.56. The summed E-state index contributed by atoms with van der Waals surface area (Å²) >= 11 is 6.04. The topological polar surface area (TPSA) is 68.0 Å². The van der Waals surface area contributed by atoms with Crippen LogP contribution in [-0.4, -0.2) is 23.7 Å². The van der Waals surface area contributed by atoms with Crippen LogP contribution in [-0.2, 0) is 11.3 Å². The van der Waals surface area contributed by atoms with Crippen molar-refractivity contribution in [2.45, 2.75) is 13.5 Å². The van der Waals surface area contributed by atoms with Crippen LogP contribution in [0.1, 0.15) is 18.3 Å². The van der Waals surface area contributed by atoms with Crippen molar-refractivity contribution in [1.29, 1.82) is 5.26 Å². The quantitative estimate of drug-likeness (QED) is 0.793. The molecule has 6 heteroatoms. The van der Waals surface area contributed by atoms with E-state index >= 15 is 0 Å². The minimum atomic E-state index is 0.282. The van der Waals surface area contributed by atoms with Crippen LogP contribution >= 0.6 is 11.6 Å². The number of nitrogens with zero attached hydrogens (tertiary/aromatic N) is 3. The van der Waals surface area contributed by atoms with Crippen molar-refractivity contribution in [3.63, 3.8) is 0 Å². The highest BCUT2D eigenvalue weighted by Gasteiger charge is 2.11. The maximum absolute atomic E-state index is 9.03. The Balaban J connectivity index is 2.50. The first-order valence-electron chi connectivity index (χ1n) is 6.37. The number of ether oxygens (including phenoxy) is 2. The van der Waals surface area contributed by atoms with Crippen molar-refractivity contribution < 1.29 is 9.47 Å². The predicted octanol–water partition coefficient (Wildman–Crippen LogP) is 3.21. The largest absolute Gasteiger partial charge is 0.496 e. The number of halogens is 1. The van der Waals surface area contributed by atoms with Crippen molar-refractivity contribution in [2.24, 2.45) is 0 Å². The number of hydrogen-bond donors (Lipinski definition) is 0. The van der Waals surface area contributed by atoms with Gasteiger partial charge in [0.05, 0.1) is 24.4 Å². The zero-order valence-corrected chi connectivity index (χ0v) is 12.5. The molecule has 5 nitrogen and oxygen atoms in total. The highest BCUT2D eigenvalue weighted by Crippen LogP contribution is 2.30. The maximum atomic E-state index is 9.03. The maximum Gasteiger partial charge on any atom is 0.156 e. The zero-order valence-electron chi connectivity index (χ0n) is 11.8. The molecule has 0 aliphatic carbocycles. The average Bonchev–Trinajstić information content (AvgIpc) is 2.51. The summed E-state index contributed by atoms with van der Waals surface area (Å²) < 4.78 is 10.6. The molecule has 0 amide bonds. The summed E-state index contributed by atoms with van der Waals surface area (Å²) in [5.41, 5.74) is 1.81. The number of hydrogen-bond acceptors (Lipinski definition) is 5. The number of methoxy groups -OCH3 is 1. The van der Waals surface area contributed by atoms with E-state index in [9.17, 15) is 0 Å². The van der Waals surface area contributed by atoms with E-state index in [1.54, 1.807) is 31.4 Å². The lowest BCUT2D eigenvalue weighted by Gasteiger charge is -2.10. The number of aromatic nitrogens is 2. The second-order valence-electron chi connectivity index (χ2n) is 4.16. The molecule has 0 bridgehead atoms. The summed E-state index contributed by atoms with van der Waals surface area (Å²) in [5.74, 6) is 1.11. The molecule has 2 aromatic rings. The van der Waals surface area contributed by atoms with Gasteiger partial charge in [-0.2, -0.15) is 5.26 Å². The monoisotopic (exact) mass is 303 g/mol. The Morgan fingerprint density at radius 1 is 1.29 bits per heavy atom. The third-order valence-electron chi connectivity index (χ3n) is 2.78. The van der Waals surface area contributed by atoms with E-state index in [2.05, 4.69) is 16.0 Å². The summed E-state index contributed by atoms with van der Waals surface area (Å²) in [4.78, 5) is 8.53. The van der Waals surface area contributed by atoms with Gasteiger partial charge in [0.2, 0.25) is 0 Å². The minimum Gasteiger partial charge on any atom is -0.496 e. The predicted molar refractivity (Wildman–Crippen MR) is 79.1 cm³/mol. The lowest BCUT2D eigenvalue weighted by Crippen LogP contribution is -2.01. The first-order valence-corrected chi connectivity index (χ1v) is 6.75. The van der Waals surface area contributed by atoms with Crippen LogP contribution in [0.4, 0.5) is 0 Å². The number of rotatable bonds is 5. The molecule has 1 aromatic heterocycles. The minimum absolute atomic E-state index is 0.282. The molecule has 0 N–H and O–H groups in total. The molecule has 2 rings (SSSR count). The van der Waals surface area contributed by atoms with E-state index in [0.29, 0.717) is 40.2 Å². The molecule has 0 saturated heterocycles. The number of benzene rings is 1. The average molecular weight is 304 g/mol. The molecule has 0 fully saturated rings. The summed E-state index contributed by atoms with van der Waals surface area (Å²) in [5, 5.41) is 9.35. The van der Waals surface area contributed by atoms with Gasteiger partial charge < -0.3 is 9.47 Å². The molecule has 0 unspecified atom stereocenters. The van der Waals surface area contributed by atoms with Crippen LogP contribution in [0.15, 0.2) is 24.3 Å². The van der Waals surface area contributed by atoms with E-state index < -0.39 is 0 Å². The van der Waals surface area contributed by atoms with Gasteiger partial charge in [-0.15, -0.1) is 0 Å². The van der Waals surface area contributed by atoms with E-state index in [1.165, 1.54) is 0 Å². The Kier molecular flexibility index (Phi) is 5.09. The normalized spacial score (nSPS) is 10.2. The fraction of sp³-hybridized carbons (Fsp3) is 0.267. The van der Waals surface area contributed by atoms with Gasteiger partial charge in [-0.3, -0.25) is 0 Å². The molecule has 108 valence electrons. The van der Waals surface area contributed by atoms with Crippen LogP contribution in [0.3, 0.4) is 0 Å². The molecular weight excluding hydrogens is 290 g/mol. The Morgan fingerprint density at radius 2 is 2.10 bits per heavy atom. The molecule has 1 aromatic carbocycles. The molecule has 1 heterocycles. The van der Waals surface area contributed by atoms with Gasteiger partial charge in [0.25, 0.3) is 0 Å². The third kappa shape index (κ3) is 3.69.